The first-order valence-electron chi connectivity index (χ1n) is 4.90. The van der Waals surface area contributed by atoms with E-state index in [-0.39, 0.29) is 16.9 Å². The van der Waals surface area contributed by atoms with Crippen LogP contribution in [0.5, 0.6) is 0 Å². The van der Waals surface area contributed by atoms with Crippen LogP contribution in [0.3, 0.4) is 0 Å². The van der Waals surface area contributed by atoms with E-state index >= 15 is 0 Å². The summed E-state index contributed by atoms with van der Waals surface area (Å²) in [6.07, 6.45) is 3.02. The molecule has 0 aliphatic heterocycles. The zero-order valence-electron chi connectivity index (χ0n) is 9.86. The maximum Gasteiger partial charge on any atom is 0.285 e. The van der Waals surface area contributed by atoms with Gasteiger partial charge in [-0.25, -0.2) is 0 Å². The van der Waals surface area contributed by atoms with Gasteiger partial charge in [0.05, 0.1) is 27.2 Å². The van der Waals surface area contributed by atoms with Crippen molar-refractivity contribution in [2.24, 2.45) is 0 Å². The van der Waals surface area contributed by atoms with Crippen LogP contribution in [0.2, 0.25) is 0 Å². The summed E-state index contributed by atoms with van der Waals surface area (Å²) >= 11 is 0. The molecule has 18 heavy (non-hydrogen) atoms. The van der Waals surface area contributed by atoms with Gasteiger partial charge >= 0.3 is 0 Å². The molecule has 0 aliphatic rings. The molecule has 0 saturated carbocycles. The van der Waals surface area contributed by atoms with Gasteiger partial charge in [-0.3, -0.25) is 20.2 Å². The van der Waals surface area contributed by atoms with Gasteiger partial charge < -0.3 is 10.6 Å². The van der Waals surface area contributed by atoms with Gasteiger partial charge in [0.1, 0.15) is 0 Å². The lowest BCUT2D eigenvalue weighted by atomic mass is 10.1. The van der Waals surface area contributed by atoms with E-state index in [0.717, 1.165) is 12.1 Å². The van der Waals surface area contributed by atoms with E-state index in [1.165, 1.54) is 6.08 Å². The predicted molar refractivity (Wildman–Crippen MR) is 66.9 cm³/mol. The number of rotatable bonds is 4. The van der Waals surface area contributed by atoms with Crippen LogP contribution in [0.25, 0.3) is 6.08 Å². The number of non-ortho nitro benzene ring substituents is 1. The smallest absolute Gasteiger partial charge is 0.285 e. The molecule has 0 aliphatic carbocycles. The Kier molecular flexibility index (Phi) is 3.82. The molecule has 0 saturated heterocycles. The van der Waals surface area contributed by atoms with Crippen molar-refractivity contribution in [3.05, 3.63) is 44.1 Å². The highest BCUT2D eigenvalue weighted by atomic mass is 16.6. The van der Waals surface area contributed by atoms with Crippen LogP contribution >= 0.6 is 0 Å². The van der Waals surface area contributed by atoms with Crippen molar-refractivity contribution in [1.29, 1.82) is 0 Å². The number of hydrogen-bond donors (Lipinski definition) is 1. The van der Waals surface area contributed by atoms with Gasteiger partial charge in [-0.1, -0.05) is 0 Å². The average molecular weight is 252 g/mol. The van der Waals surface area contributed by atoms with Crippen molar-refractivity contribution >= 4 is 23.1 Å². The lowest BCUT2D eigenvalue weighted by Gasteiger charge is -2.05. The zero-order valence-corrected chi connectivity index (χ0v) is 9.86. The number of nitrogens with two attached hydrogens (primary N) is 1. The van der Waals surface area contributed by atoms with Gasteiger partial charge in [-0.2, -0.15) is 0 Å². The quantitative estimate of drug-likeness (QED) is 0.494. The Morgan fingerprint density at radius 3 is 2.28 bits per heavy atom. The first-order valence-corrected chi connectivity index (χ1v) is 4.90. The SMILES string of the molecule is CN(C)C=Cc1c(N)cc([N+](=O)[O-])cc1[N+](=O)[O-]. The van der Waals surface area contributed by atoms with E-state index in [0.29, 0.717) is 0 Å². The van der Waals surface area contributed by atoms with Gasteiger partial charge in [0.25, 0.3) is 11.4 Å². The highest BCUT2D eigenvalue weighted by Crippen LogP contribution is 2.31. The molecular formula is C10H12N4O4. The lowest BCUT2D eigenvalue weighted by molar-refractivity contribution is -0.394. The average Bonchev–Trinajstić information content (AvgIpc) is 2.25. The van der Waals surface area contributed by atoms with Crippen LogP contribution in [0.15, 0.2) is 18.3 Å². The van der Waals surface area contributed by atoms with Gasteiger partial charge in [0.2, 0.25) is 0 Å². The summed E-state index contributed by atoms with van der Waals surface area (Å²) in [5.74, 6) is 0. The minimum atomic E-state index is -0.719. The summed E-state index contributed by atoms with van der Waals surface area (Å²) in [6, 6.07) is 1.99. The van der Waals surface area contributed by atoms with Crippen LogP contribution in [0.1, 0.15) is 5.56 Å². The lowest BCUT2D eigenvalue weighted by Crippen LogP contribution is -2.02. The number of nitrogens with zero attached hydrogens (tertiary/aromatic N) is 3. The van der Waals surface area contributed by atoms with E-state index < -0.39 is 15.5 Å². The third-order valence-electron chi connectivity index (χ3n) is 2.12. The van der Waals surface area contributed by atoms with Crippen molar-refractivity contribution in [2.45, 2.75) is 0 Å². The Hall–Kier alpha value is -2.64. The third-order valence-corrected chi connectivity index (χ3v) is 2.12. The van der Waals surface area contributed by atoms with Crippen LogP contribution in [0, 0.1) is 20.2 Å². The molecule has 8 heteroatoms. The van der Waals surface area contributed by atoms with Crippen LogP contribution in [-0.4, -0.2) is 28.8 Å². The molecule has 0 aromatic heterocycles. The van der Waals surface area contributed by atoms with Gasteiger partial charge in [-0.05, 0) is 12.3 Å². The summed E-state index contributed by atoms with van der Waals surface area (Å²) in [6.45, 7) is 0. The van der Waals surface area contributed by atoms with E-state index in [1.54, 1.807) is 25.2 Å². The van der Waals surface area contributed by atoms with Crippen LogP contribution < -0.4 is 5.73 Å². The summed E-state index contributed by atoms with van der Waals surface area (Å²) < 4.78 is 0. The summed E-state index contributed by atoms with van der Waals surface area (Å²) in [7, 11) is 3.48. The molecule has 8 nitrogen and oxygen atoms in total. The largest absolute Gasteiger partial charge is 0.398 e. The molecule has 0 bridgehead atoms. The fraction of sp³-hybridized carbons (Fsp3) is 0.200. The molecule has 1 rings (SSSR count). The molecule has 2 N–H and O–H groups in total. The molecule has 1 aromatic rings. The molecule has 1 aromatic carbocycles. The Morgan fingerprint density at radius 2 is 1.83 bits per heavy atom. The Labute approximate surface area is 103 Å². The van der Waals surface area contributed by atoms with E-state index in [1.807, 2.05) is 0 Å². The molecule has 0 radical (unpaired) electrons. The number of hydrogen-bond acceptors (Lipinski definition) is 6. The van der Waals surface area contributed by atoms with Gasteiger partial charge in [0.15, 0.2) is 0 Å². The topological polar surface area (TPSA) is 116 Å². The maximum absolute atomic E-state index is 10.9. The van der Waals surface area contributed by atoms with E-state index in [2.05, 4.69) is 0 Å². The minimum absolute atomic E-state index is 0.00556. The molecule has 0 amide bonds. The number of nitro benzene ring substituents is 2. The molecule has 0 fully saturated rings. The van der Waals surface area contributed by atoms with Crippen molar-refractivity contribution < 1.29 is 9.85 Å². The predicted octanol–water partition coefficient (Wildman–Crippen LogP) is 1.62. The standard InChI is InChI=1S/C10H12N4O4/c1-12(2)4-3-8-9(11)5-7(13(15)16)6-10(8)14(17)18/h3-6H,11H2,1-2H3. The normalized spacial score (nSPS) is 10.6. The summed E-state index contributed by atoms with van der Waals surface area (Å²) in [5.41, 5.74) is 4.96. The number of anilines is 1. The third kappa shape index (κ3) is 2.94. The van der Waals surface area contributed by atoms with E-state index in [4.69, 9.17) is 5.73 Å². The first-order chi connectivity index (χ1) is 8.32. The summed E-state index contributed by atoms with van der Waals surface area (Å²) in [5, 5.41) is 21.5. The number of benzene rings is 1. The van der Waals surface area contributed by atoms with Gasteiger partial charge in [0, 0.05) is 20.2 Å². The Balaban J connectivity index is 3.41. The Bertz CT molecular complexity index is 525. The number of nitrogen functional groups attached to an aromatic ring is 1. The van der Waals surface area contributed by atoms with Crippen LogP contribution in [0.4, 0.5) is 17.1 Å². The second-order valence-electron chi connectivity index (χ2n) is 3.76. The molecule has 0 heterocycles. The van der Waals surface area contributed by atoms with Gasteiger partial charge in [-0.15, -0.1) is 0 Å². The van der Waals surface area contributed by atoms with E-state index in [9.17, 15) is 20.2 Å². The Morgan fingerprint density at radius 1 is 1.22 bits per heavy atom. The molecule has 0 atom stereocenters. The fourth-order valence-electron chi connectivity index (χ4n) is 1.31. The van der Waals surface area contributed by atoms with Crippen molar-refractivity contribution in [2.75, 3.05) is 19.8 Å². The second-order valence-corrected chi connectivity index (χ2v) is 3.76. The van der Waals surface area contributed by atoms with Crippen LogP contribution in [-0.2, 0) is 0 Å². The minimum Gasteiger partial charge on any atom is -0.398 e. The first kappa shape index (κ1) is 13.4. The van der Waals surface area contributed by atoms with Crippen molar-refractivity contribution in [3.8, 4) is 0 Å². The second kappa shape index (κ2) is 5.13. The molecule has 96 valence electrons. The fourth-order valence-corrected chi connectivity index (χ4v) is 1.31. The molecule has 0 unspecified atom stereocenters. The zero-order chi connectivity index (χ0) is 13.9. The van der Waals surface area contributed by atoms with Crippen molar-refractivity contribution in [1.82, 2.24) is 4.90 Å². The monoisotopic (exact) mass is 252 g/mol. The highest BCUT2D eigenvalue weighted by Gasteiger charge is 2.21. The molecular weight excluding hydrogens is 240 g/mol. The van der Waals surface area contributed by atoms with Crippen molar-refractivity contribution in [3.63, 3.8) is 0 Å². The highest BCUT2D eigenvalue weighted by molar-refractivity contribution is 5.75. The summed E-state index contributed by atoms with van der Waals surface area (Å²) in [4.78, 5) is 21.7. The number of nitro groups is 2. The maximum atomic E-state index is 10.9. The molecule has 0 spiro atoms.